The van der Waals surface area contributed by atoms with Crippen LogP contribution in [0.25, 0.3) is 11.3 Å². The van der Waals surface area contributed by atoms with Gasteiger partial charge in [-0.15, -0.1) is 0 Å². The Labute approximate surface area is 112 Å². The minimum absolute atomic E-state index is 0.264. The fourth-order valence-corrected chi connectivity index (χ4v) is 2.29. The van der Waals surface area contributed by atoms with Crippen molar-refractivity contribution in [3.63, 3.8) is 0 Å². The molecule has 1 aliphatic heterocycles. The van der Waals surface area contributed by atoms with Crippen molar-refractivity contribution in [2.45, 2.75) is 6.54 Å². The van der Waals surface area contributed by atoms with Crippen molar-refractivity contribution in [1.82, 2.24) is 0 Å². The zero-order valence-corrected chi connectivity index (χ0v) is 10.5. The molecule has 19 heavy (non-hydrogen) atoms. The summed E-state index contributed by atoms with van der Waals surface area (Å²) in [6.45, 7) is 0.863. The van der Waals surface area contributed by atoms with Crippen LogP contribution < -0.4 is 10.5 Å². The lowest BCUT2D eigenvalue weighted by Crippen LogP contribution is -1.98. The highest BCUT2D eigenvalue weighted by molar-refractivity contribution is 5.91. The van der Waals surface area contributed by atoms with E-state index in [2.05, 4.69) is 0 Å². The first-order valence-corrected chi connectivity index (χ1v) is 6.23. The van der Waals surface area contributed by atoms with E-state index in [4.69, 9.17) is 10.5 Å². The molecule has 0 aliphatic carbocycles. The molecule has 0 amide bonds. The van der Waals surface area contributed by atoms with Crippen molar-refractivity contribution >= 4 is 11.3 Å². The number of fused-ring (bicyclic) bond motifs is 1. The van der Waals surface area contributed by atoms with Crippen molar-refractivity contribution in [3.05, 3.63) is 65.2 Å². The summed E-state index contributed by atoms with van der Waals surface area (Å²) in [5.41, 5.74) is 9.18. The first kappa shape index (κ1) is 11.8. The predicted octanol–water partition coefficient (Wildman–Crippen LogP) is 2.96. The summed E-state index contributed by atoms with van der Waals surface area (Å²) in [6, 6.07) is 15.4. The third-order valence-corrected chi connectivity index (χ3v) is 3.31. The van der Waals surface area contributed by atoms with Crippen LogP contribution in [-0.4, -0.2) is 11.7 Å². The Bertz CT molecular complexity index is 647. The predicted molar refractivity (Wildman–Crippen MR) is 75.7 cm³/mol. The molecule has 0 spiro atoms. The molecule has 0 fully saturated rings. The molecule has 96 valence electrons. The molecule has 3 N–H and O–H groups in total. The normalized spacial score (nSPS) is 15.8. The third-order valence-electron chi connectivity index (χ3n) is 3.31. The highest BCUT2D eigenvalue weighted by atomic mass is 16.5. The van der Waals surface area contributed by atoms with E-state index < -0.39 is 0 Å². The van der Waals surface area contributed by atoms with E-state index in [0.717, 1.165) is 28.0 Å². The van der Waals surface area contributed by atoms with Gasteiger partial charge in [0.1, 0.15) is 18.1 Å². The van der Waals surface area contributed by atoms with E-state index in [1.165, 1.54) is 0 Å². The summed E-state index contributed by atoms with van der Waals surface area (Å²) in [7, 11) is 0. The van der Waals surface area contributed by atoms with Gasteiger partial charge in [0.2, 0.25) is 0 Å². The molecule has 0 unspecified atom stereocenters. The molecule has 3 nitrogen and oxygen atoms in total. The van der Waals surface area contributed by atoms with Gasteiger partial charge in [-0.2, -0.15) is 0 Å². The van der Waals surface area contributed by atoms with Gasteiger partial charge in [-0.1, -0.05) is 36.4 Å². The van der Waals surface area contributed by atoms with Crippen LogP contribution in [-0.2, 0) is 6.54 Å². The molecule has 1 heterocycles. The monoisotopic (exact) mass is 253 g/mol. The quantitative estimate of drug-likeness (QED) is 0.809. The van der Waals surface area contributed by atoms with Gasteiger partial charge >= 0.3 is 0 Å². The summed E-state index contributed by atoms with van der Waals surface area (Å²) < 4.78 is 5.57. The summed E-state index contributed by atoms with van der Waals surface area (Å²) in [5, 5.41) is 10.4. The molecule has 1 aliphatic rings. The van der Waals surface area contributed by atoms with Crippen LogP contribution in [0.2, 0.25) is 0 Å². The average molecular weight is 253 g/mol. The van der Waals surface area contributed by atoms with Crippen molar-refractivity contribution in [2.75, 3.05) is 6.61 Å². The lowest BCUT2D eigenvalue weighted by molar-refractivity contribution is 0.386. The standard InChI is InChI=1S/C16H15NO2/c17-9-11-4-3-5-12(8-11)16(18)14-10-19-15-7-2-1-6-13(14)15/h1-8,18H,9-10,17H2. The smallest absolute Gasteiger partial charge is 0.130 e. The number of rotatable bonds is 2. The fraction of sp³-hybridized carbons (Fsp3) is 0.125. The molecular formula is C16H15NO2. The lowest BCUT2D eigenvalue weighted by Gasteiger charge is -2.06. The van der Waals surface area contributed by atoms with E-state index in [1.807, 2.05) is 48.5 Å². The van der Waals surface area contributed by atoms with Crippen LogP contribution in [0.4, 0.5) is 0 Å². The number of nitrogens with two attached hydrogens (primary N) is 1. The number of aliphatic hydroxyl groups is 1. The number of para-hydroxylation sites is 1. The van der Waals surface area contributed by atoms with Gasteiger partial charge in [-0.05, 0) is 17.7 Å². The Morgan fingerprint density at radius 2 is 2.00 bits per heavy atom. The Hall–Kier alpha value is -2.26. The van der Waals surface area contributed by atoms with Crippen LogP contribution >= 0.6 is 0 Å². The maximum atomic E-state index is 10.4. The van der Waals surface area contributed by atoms with Crippen molar-refractivity contribution in [1.29, 1.82) is 0 Å². The van der Waals surface area contributed by atoms with Crippen LogP contribution in [0.1, 0.15) is 16.7 Å². The largest absolute Gasteiger partial charge is 0.507 e. The summed E-state index contributed by atoms with van der Waals surface area (Å²) >= 11 is 0. The second kappa shape index (κ2) is 4.78. The van der Waals surface area contributed by atoms with Gasteiger partial charge in [0.25, 0.3) is 0 Å². The zero-order valence-electron chi connectivity index (χ0n) is 10.5. The minimum atomic E-state index is 0.264. The van der Waals surface area contributed by atoms with Gasteiger partial charge in [-0.25, -0.2) is 0 Å². The first-order chi connectivity index (χ1) is 9.29. The topological polar surface area (TPSA) is 55.5 Å². The maximum Gasteiger partial charge on any atom is 0.130 e. The lowest BCUT2D eigenvalue weighted by atomic mass is 10.0. The number of benzene rings is 2. The molecule has 3 heteroatoms. The van der Waals surface area contributed by atoms with E-state index in [9.17, 15) is 5.11 Å². The first-order valence-electron chi connectivity index (χ1n) is 6.23. The maximum absolute atomic E-state index is 10.4. The van der Waals surface area contributed by atoms with E-state index >= 15 is 0 Å². The third kappa shape index (κ3) is 2.09. The minimum Gasteiger partial charge on any atom is -0.507 e. The Balaban J connectivity index is 2.08. The van der Waals surface area contributed by atoms with Gasteiger partial charge in [-0.3, -0.25) is 0 Å². The SMILES string of the molecule is NCc1cccc(C(O)=C2COc3ccccc32)c1. The molecule has 2 aromatic carbocycles. The zero-order chi connectivity index (χ0) is 13.2. The molecule has 0 saturated heterocycles. The summed E-state index contributed by atoms with van der Waals surface area (Å²) in [5.74, 6) is 1.08. The fourth-order valence-electron chi connectivity index (χ4n) is 2.29. The van der Waals surface area contributed by atoms with E-state index in [-0.39, 0.29) is 5.76 Å². The second-order valence-electron chi connectivity index (χ2n) is 4.52. The summed E-state index contributed by atoms with van der Waals surface area (Å²) in [6.07, 6.45) is 0. The number of aliphatic hydroxyl groups excluding tert-OH is 1. The molecule has 0 bridgehead atoms. The number of hydrogen-bond donors (Lipinski definition) is 2. The molecule has 2 aromatic rings. The molecule has 0 saturated carbocycles. The van der Waals surface area contributed by atoms with Gasteiger partial charge < -0.3 is 15.6 Å². The van der Waals surface area contributed by atoms with Gasteiger partial charge in [0.05, 0.1) is 0 Å². The molecular weight excluding hydrogens is 238 g/mol. The van der Waals surface area contributed by atoms with Crippen LogP contribution in [0.3, 0.4) is 0 Å². The average Bonchev–Trinajstić information content (AvgIpc) is 2.90. The number of ether oxygens (including phenoxy) is 1. The molecule has 3 rings (SSSR count). The summed E-state index contributed by atoms with van der Waals surface area (Å²) in [4.78, 5) is 0. The Kier molecular flexibility index (Phi) is 2.97. The molecule has 0 radical (unpaired) electrons. The highest BCUT2D eigenvalue weighted by Crippen LogP contribution is 2.36. The number of hydrogen-bond acceptors (Lipinski definition) is 3. The Morgan fingerprint density at radius 1 is 1.16 bits per heavy atom. The van der Waals surface area contributed by atoms with Gasteiger partial charge in [0.15, 0.2) is 0 Å². The van der Waals surface area contributed by atoms with Crippen molar-refractivity contribution < 1.29 is 9.84 Å². The van der Waals surface area contributed by atoms with Crippen molar-refractivity contribution in [3.8, 4) is 5.75 Å². The van der Waals surface area contributed by atoms with Crippen molar-refractivity contribution in [2.24, 2.45) is 5.73 Å². The molecule has 0 aromatic heterocycles. The van der Waals surface area contributed by atoms with Gasteiger partial charge in [0, 0.05) is 23.2 Å². The van der Waals surface area contributed by atoms with Crippen LogP contribution in [0.5, 0.6) is 5.75 Å². The van der Waals surface area contributed by atoms with Crippen LogP contribution in [0.15, 0.2) is 48.5 Å². The van der Waals surface area contributed by atoms with E-state index in [1.54, 1.807) is 0 Å². The molecule has 0 atom stereocenters. The van der Waals surface area contributed by atoms with E-state index in [0.29, 0.717) is 13.2 Å². The Morgan fingerprint density at radius 3 is 2.84 bits per heavy atom. The highest BCUT2D eigenvalue weighted by Gasteiger charge is 2.21. The second-order valence-corrected chi connectivity index (χ2v) is 4.52. The van der Waals surface area contributed by atoms with Crippen LogP contribution in [0, 0.1) is 0 Å².